The second-order valence-electron chi connectivity index (χ2n) is 9.17. The van der Waals surface area contributed by atoms with Gasteiger partial charge in [-0.1, -0.05) is 12.1 Å². The van der Waals surface area contributed by atoms with Crippen LogP contribution in [0.15, 0.2) is 24.3 Å². The number of hydrogen-bond donors (Lipinski definition) is 2. The van der Waals surface area contributed by atoms with Gasteiger partial charge in [-0.3, -0.25) is 4.79 Å². The molecule has 3 fully saturated rings. The first-order chi connectivity index (χ1) is 13.4. The molecule has 1 aliphatic heterocycles. The molecule has 4 rings (SSSR count). The first-order valence-electron chi connectivity index (χ1n) is 10.3. The molecule has 1 heterocycles. The maximum Gasteiger partial charge on any atom is 0.309 e. The Labute approximate surface area is 167 Å². The zero-order valence-electron chi connectivity index (χ0n) is 17.1. The molecule has 3 aliphatic rings. The van der Waals surface area contributed by atoms with Crippen molar-refractivity contribution in [1.29, 1.82) is 0 Å². The minimum Gasteiger partial charge on any atom is -0.497 e. The summed E-state index contributed by atoms with van der Waals surface area (Å²) < 4.78 is 11.0. The van der Waals surface area contributed by atoms with Crippen molar-refractivity contribution < 1.29 is 19.4 Å². The van der Waals surface area contributed by atoms with Crippen LogP contribution in [-0.2, 0) is 16.0 Å². The van der Waals surface area contributed by atoms with Gasteiger partial charge < -0.3 is 24.8 Å². The number of aliphatic hydroxyl groups excluding tert-OH is 1. The van der Waals surface area contributed by atoms with Crippen LogP contribution in [0.2, 0.25) is 0 Å². The molecular weight excluding hydrogens is 356 g/mol. The molecule has 154 valence electrons. The Kier molecular flexibility index (Phi) is 5.38. The molecule has 1 spiro atoms. The van der Waals surface area contributed by atoms with Crippen molar-refractivity contribution in [3.8, 4) is 5.75 Å². The van der Waals surface area contributed by atoms with Gasteiger partial charge in [0.25, 0.3) is 0 Å². The van der Waals surface area contributed by atoms with Crippen LogP contribution < -0.4 is 10.1 Å². The molecule has 6 nitrogen and oxygen atoms in total. The molecule has 0 bridgehead atoms. The summed E-state index contributed by atoms with van der Waals surface area (Å²) >= 11 is 0. The largest absolute Gasteiger partial charge is 0.497 e. The molecule has 3 atom stereocenters. The average Bonchev–Trinajstić information content (AvgIpc) is 2.93. The highest BCUT2D eigenvalue weighted by molar-refractivity contribution is 5.74. The molecule has 2 N–H and O–H groups in total. The molecule has 2 aliphatic carbocycles. The molecule has 1 aromatic rings. The van der Waals surface area contributed by atoms with Crippen molar-refractivity contribution in [1.82, 2.24) is 10.2 Å². The lowest BCUT2D eigenvalue weighted by Crippen LogP contribution is -2.56. The Hall–Kier alpha value is -1.63. The highest BCUT2D eigenvalue weighted by atomic mass is 16.6. The third kappa shape index (κ3) is 3.78. The summed E-state index contributed by atoms with van der Waals surface area (Å²) in [6.45, 7) is 0.456. The number of methoxy groups -OCH3 is 1. The number of ether oxygens (including phenoxy) is 2. The molecule has 1 saturated heterocycles. The van der Waals surface area contributed by atoms with Gasteiger partial charge in [-0.2, -0.15) is 0 Å². The second kappa shape index (κ2) is 7.65. The Bertz CT molecular complexity index is 691. The number of β-amino-alcohol motifs (C(OH)–C–C–N with tert-alkyl or cyclic N) is 1. The summed E-state index contributed by atoms with van der Waals surface area (Å²) in [5.74, 6) is 0.682. The Balaban J connectivity index is 1.29. The molecule has 0 amide bonds. The summed E-state index contributed by atoms with van der Waals surface area (Å²) in [5, 5.41) is 13.6. The molecule has 0 aromatic heterocycles. The monoisotopic (exact) mass is 388 g/mol. The molecule has 6 heteroatoms. The summed E-state index contributed by atoms with van der Waals surface area (Å²) in [4.78, 5) is 14.9. The molecule has 0 radical (unpaired) electrons. The smallest absolute Gasteiger partial charge is 0.309 e. The molecule has 28 heavy (non-hydrogen) atoms. The molecular formula is C22H32N2O4. The van der Waals surface area contributed by atoms with E-state index in [1.165, 1.54) is 12.8 Å². The number of nitrogens with zero attached hydrogens (tertiary/aromatic N) is 1. The molecule has 0 unspecified atom stereocenters. The topological polar surface area (TPSA) is 71.0 Å². The van der Waals surface area contributed by atoms with E-state index in [1.54, 1.807) is 7.11 Å². The predicted octanol–water partition coefficient (Wildman–Crippen LogP) is 1.60. The highest BCUT2D eigenvalue weighted by Crippen LogP contribution is 2.59. The second-order valence-corrected chi connectivity index (χ2v) is 9.17. The Morgan fingerprint density at radius 2 is 1.89 bits per heavy atom. The van der Waals surface area contributed by atoms with Crippen LogP contribution in [0, 0.1) is 11.3 Å². The summed E-state index contributed by atoms with van der Waals surface area (Å²) in [6.07, 6.45) is 3.84. The lowest BCUT2D eigenvalue weighted by Gasteiger charge is -2.58. The fourth-order valence-corrected chi connectivity index (χ4v) is 5.16. The van der Waals surface area contributed by atoms with E-state index < -0.39 is 12.2 Å². The van der Waals surface area contributed by atoms with E-state index in [9.17, 15) is 9.90 Å². The van der Waals surface area contributed by atoms with Crippen molar-refractivity contribution in [3.63, 3.8) is 0 Å². The summed E-state index contributed by atoms with van der Waals surface area (Å²) in [6, 6.07) is 8.47. The van der Waals surface area contributed by atoms with Gasteiger partial charge in [0.1, 0.15) is 18.0 Å². The van der Waals surface area contributed by atoms with Gasteiger partial charge in [-0.15, -0.1) is 0 Å². The fourth-order valence-electron chi connectivity index (χ4n) is 5.16. The number of nitrogens with one attached hydrogen (secondary N) is 1. The van der Waals surface area contributed by atoms with Crippen molar-refractivity contribution in [2.75, 3.05) is 27.7 Å². The number of esters is 1. The number of carbonyl (C=O) groups is 1. The standard InChI is InChI=1S/C22H32N2O4/c1-24(2)16-11-22(12-16)9-15(10-22)21(26)28-20-18(23-13-19(20)25)8-14-4-6-17(27-3)7-5-14/h4-7,15-16,18-20,23,25H,8-13H2,1-3H3/t15?,16?,18-,19+,20+,22?/m1/s1. The van der Waals surface area contributed by atoms with Crippen molar-refractivity contribution in [2.24, 2.45) is 11.3 Å². The zero-order valence-corrected chi connectivity index (χ0v) is 17.1. The SMILES string of the molecule is COc1ccc(C[C@H]2NC[C@H](O)[C@H]2OC(=O)C2CC3(C2)CC(N(C)C)C3)cc1. The average molecular weight is 389 g/mol. The number of carbonyl (C=O) groups excluding carboxylic acids is 1. The first kappa shape index (κ1) is 19.7. The van der Waals surface area contributed by atoms with Crippen LogP contribution >= 0.6 is 0 Å². The van der Waals surface area contributed by atoms with E-state index in [0.717, 1.165) is 24.2 Å². The Morgan fingerprint density at radius 3 is 2.50 bits per heavy atom. The van der Waals surface area contributed by atoms with Crippen molar-refractivity contribution >= 4 is 5.97 Å². The number of rotatable bonds is 6. The van der Waals surface area contributed by atoms with Crippen molar-refractivity contribution in [3.05, 3.63) is 29.8 Å². The van der Waals surface area contributed by atoms with Crippen LogP contribution in [0.25, 0.3) is 0 Å². The maximum atomic E-state index is 12.7. The van der Waals surface area contributed by atoms with Gasteiger partial charge in [-0.05, 0) is 69.3 Å². The predicted molar refractivity (Wildman–Crippen MR) is 106 cm³/mol. The number of aliphatic hydroxyl groups is 1. The van der Waals surface area contributed by atoms with Crippen molar-refractivity contribution in [2.45, 2.75) is 56.4 Å². The van der Waals surface area contributed by atoms with Crippen LogP contribution in [-0.4, -0.2) is 68.0 Å². The minimum absolute atomic E-state index is 0.00227. The van der Waals surface area contributed by atoms with Gasteiger partial charge in [-0.25, -0.2) is 0 Å². The van der Waals surface area contributed by atoms with E-state index >= 15 is 0 Å². The maximum absolute atomic E-state index is 12.7. The molecule has 2 saturated carbocycles. The van der Waals surface area contributed by atoms with E-state index in [1.807, 2.05) is 24.3 Å². The van der Waals surface area contributed by atoms with Crippen LogP contribution in [0.3, 0.4) is 0 Å². The lowest BCUT2D eigenvalue weighted by molar-refractivity contribution is -0.174. The normalized spacial score (nSPS) is 36.8. The van der Waals surface area contributed by atoms with E-state index in [2.05, 4.69) is 24.3 Å². The van der Waals surface area contributed by atoms with Gasteiger partial charge in [0.05, 0.1) is 19.1 Å². The van der Waals surface area contributed by atoms with Gasteiger partial charge in [0.15, 0.2) is 0 Å². The van der Waals surface area contributed by atoms with Crippen LogP contribution in [0.1, 0.15) is 31.2 Å². The summed E-state index contributed by atoms with van der Waals surface area (Å²) in [5.41, 5.74) is 1.49. The number of hydrogen-bond acceptors (Lipinski definition) is 6. The van der Waals surface area contributed by atoms with Gasteiger partial charge in [0, 0.05) is 12.6 Å². The van der Waals surface area contributed by atoms with E-state index in [-0.39, 0.29) is 17.9 Å². The lowest BCUT2D eigenvalue weighted by atomic mass is 9.50. The van der Waals surface area contributed by atoms with Crippen LogP contribution in [0.5, 0.6) is 5.75 Å². The third-order valence-electron chi connectivity index (χ3n) is 6.99. The zero-order chi connectivity index (χ0) is 19.9. The van der Waals surface area contributed by atoms with E-state index in [0.29, 0.717) is 24.4 Å². The van der Waals surface area contributed by atoms with E-state index in [4.69, 9.17) is 9.47 Å². The van der Waals surface area contributed by atoms with Gasteiger partial charge >= 0.3 is 5.97 Å². The first-order valence-corrected chi connectivity index (χ1v) is 10.3. The van der Waals surface area contributed by atoms with Gasteiger partial charge in [0.2, 0.25) is 0 Å². The third-order valence-corrected chi connectivity index (χ3v) is 6.99. The highest BCUT2D eigenvalue weighted by Gasteiger charge is 2.56. The Morgan fingerprint density at radius 1 is 1.21 bits per heavy atom. The summed E-state index contributed by atoms with van der Waals surface area (Å²) in [7, 11) is 5.90. The quantitative estimate of drug-likeness (QED) is 0.722. The fraction of sp³-hybridized carbons (Fsp3) is 0.682. The number of benzene rings is 1. The minimum atomic E-state index is -0.650. The van der Waals surface area contributed by atoms with Crippen LogP contribution in [0.4, 0.5) is 0 Å². The molecule has 1 aromatic carbocycles.